The zero-order valence-electron chi connectivity index (χ0n) is 6.37. The first-order chi connectivity index (χ1) is 4.54. The summed E-state index contributed by atoms with van der Waals surface area (Å²) in [4.78, 5) is 9.25. The van der Waals surface area contributed by atoms with Crippen molar-refractivity contribution in [2.45, 2.75) is 13.8 Å². The molecule has 0 heterocycles. The third-order valence-corrected chi connectivity index (χ3v) is 0.540. The maximum atomic E-state index is 9.25. The molecule has 0 unspecified atom stereocenters. The lowest BCUT2D eigenvalue weighted by Gasteiger charge is -1.90. The second-order valence-electron chi connectivity index (χ2n) is 2.12. The van der Waals surface area contributed by atoms with Crippen molar-refractivity contribution in [1.82, 2.24) is 0 Å². The van der Waals surface area contributed by atoms with Crippen molar-refractivity contribution in [3.05, 3.63) is 12.7 Å². The highest BCUT2D eigenvalue weighted by molar-refractivity contribution is 5.78. The summed E-state index contributed by atoms with van der Waals surface area (Å²) in [5.41, 5.74) is 0. The molecule has 0 aliphatic rings. The lowest BCUT2D eigenvalue weighted by Crippen LogP contribution is -1.90. The summed E-state index contributed by atoms with van der Waals surface area (Å²) in [6.07, 6.45) is 0.833. The van der Waals surface area contributed by atoms with Crippen LogP contribution in [0.3, 0.4) is 0 Å². The molecule has 0 saturated carbocycles. The van der Waals surface area contributed by atoms with Crippen LogP contribution in [0.4, 0.5) is 0 Å². The van der Waals surface area contributed by atoms with Gasteiger partial charge in [-0.15, -0.1) is 0 Å². The predicted molar refractivity (Wildman–Crippen MR) is 39.8 cm³/mol. The minimum atomic E-state index is -0.981. The van der Waals surface area contributed by atoms with Gasteiger partial charge in [-0.25, -0.2) is 4.79 Å². The van der Waals surface area contributed by atoms with Crippen LogP contribution in [0.15, 0.2) is 12.7 Å². The van der Waals surface area contributed by atoms with Gasteiger partial charge in [0.2, 0.25) is 0 Å². The average Bonchev–Trinajstić information content (AvgIpc) is 1.89. The number of carboxylic acids is 1. The number of hydrogen-bond acceptors (Lipinski definition) is 2. The summed E-state index contributed by atoms with van der Waals surface area (Å²) in [5.74, 6) is -0.542. The van der Waals surface area contributed by atoms with Crippen molar-refractivity contribution >= 4 is 5.97 Å². The second kappa shape index (κ2) is 8.17. The highest BCUT2D eigenvalue weighted by Crippen LogP contribution is 1.83. The Morgan fingerprint density at radius 1 is 1.70 bits per heavy atom. The van der Waals surface area contributed by atoms with E-state index in [4.69, 9.17) is 10.2 Å². The van der Waals surface area contributed by atoms with Gasteiger partial charge in [-0.2, -0.15) is 0 Å². The maximum Gasteiger partial charge on any atom is 0.327 e. The second-order valence-corrected chi connectivity index (χ2v) is 2.12. The molecule has 10 heavy (non-hydrogen) atoms. The fourth-order valence-corrected chi connectivity index (χ4v) is 0. The molecule has 3 nitrogen and oxygen atoms in total. The van der Waals surface area contributed by atoms with Gasteiger partial charge in [-0.1, -0.05) is 20.4 Å². The number of carboxylic acid groups (broad SMARTS) is 1. The van der Waals surface area contributed by atoms with Crippen LogP contribution in [0, 0.1) is 5.92 Å². The van der Waals surface area contributed by atoms with Gasteiger partial charge in [-0.05, 0) is 5.92 Å². The highest BCUT2D eigenvalue weighted by Gasteiger charge is 1.81. The van der Waals surface area contributed by atoms with Gasteiger partial charge in [-0.3, -0.25) is 0 Å². The zero-order valence-corrected chi connectivity index (χ0v) is 6.37. The van der Waals surface area contributed by atoms with Crippen LogP contribution < -0.4 is 0 Å². The van der Waals surface area contributed by atoms with Crippen LogP contribution in [0.25, 0.3) is 0 Å². The Morgan fingerprint density at radius 3 is 1.90 bits per heavy atom. The summed E-state index contributed by atoms with van der Waals surface area (Å²) < 4.78 is 0. The topological polar surface area (TPSA) is 57.5 Å². The third-order valence-electron chi connectivity index (χ3n) is 0.540. The number of carbonyl (C=O) groups is 1. The van der Waals surface area contributed by atoms with Crippen LogP contribution in [-0.2, 0) is 4.79 Å². The molecule has 0 aliphatic heterocycles. The van der Waals surface area contributed by atoms with Crippen molar-refractivity contribution in [3.8, 4) is 0 Å². The standard InChI is InChI=1S/C4H10O.C3H4O2/c1-4(2)3-5;1-2-3(4)5/h4-5H,3H2,1-2H3;2H,1H2,(H,4,5). The molecule has 0 atom stereocenters. The molecular formula is C7H14O3. The van der Waals surface area contributed by atoms with Crippen LogP contribution in [-0.4, -0.2) is 22.8 Å². The fourth-order valence-electron chi connectivity index (χ4n) is 0. The molecule has 0 aromatic rings. The molecule has 0 spiro atoms. The van der Waals surface area contributed by atoms with Gasteiger partial charge in [0.15, 0.2) is 0 Å². The molecule has 0 saturated heterocycles. The van der Waals surface area contributed by atoms with Crippen LogP contribution in [0.5, 0.6) is 0 Å². The monoisotopic (exact) mass is 146 g/mol. The Labute approximate surface area is 61.0 Å². The molecule has 0 aromatic heterocycles. The van der Waals surface area contributed by atoms with Gasteiger partial charge < -0.3 is 10.2 Å². The maximum absolute atomic E-state index is 9.25. The van der Waals surface area contributed by atoms with E-state index < -0.39 is 5.97 Å². The van der Waals surface area contributed by atoms with Crippen molar-refractivity contribution in [3.63, 3.8) is 0 Å². The molecule has 0 aromatic carbocycles. The molecule has 3 heteroatoms. The lowest BCUT2D eigenvalue weighted by atomic mass is 10.2. The van der Waals surface area contributed by atoms with Crippen molar-refractivity contribution in [2.75, 3.05) is 6.61 Å². The SMILES string of the molecule is C=CC(=O)O.CC(C)CO. The first-order valence-corrected chi connectivity index (χ1v) is 3.00. The molecule has 0 fully saturated rings. The first-order valence-electron chi connectivity index (χ1n) is 3.00. The fraction of sp³-hybridized carbons (Fsp3) is 0.571. The number of aliphatic carboxylic acids is 1. The van der Waals surface area contributed by atoms with Gasteiger partial charge in [0, 0.05) is 12.7 Å². The number of hydrogen-bond donors (Lipinski definition) is 2. The van der Waals surface area contributed by atoms with E-state index >= 15 is 0 Å². The van der Waals surface area contributed by atoms with Crippen LogP contribution in [0.2, 0.25) is 0 Å². The summed E-state index contributed by atoms with van der Waals surface area (Å²) in [6.45, 7) is 7.21. The molecule has 0 amide bonds. The van der Waals surface area contributed by atoms with Crippen molar-refractivity contribution in [1.29, 1.82) is 0 Å². The predicted octanol–water partition coefficient (Wildman–Crippen LogP) is 0.892. The normalized spacial score (nSPS) is 8.00. The lowest BCUT2D eigenvalue weighted by molar-refractivity contribution is -0.131. The number of rotatable bonds is 2. The Balaban J connectivity index is 0. The molecule has 0 radical (unpaired) electrons. The van der Waals surface area contributed by atoms with Crippen LogP contribution >= 0.6 is 0 Å². The van der Waals surface area contributed by atoms with E-state index in [1.807, 2.05) is 13.8 Å². The summed E-state index contributed by atoms with van der Waals surface area (Å²) >= 11 is 0. The molecule has 60 valence electrons. The van der Waals surface area contributed by atoms with E-state index in [0.717, 1.165) is 6.08 Å². The van der Waals surface area contributed by atoms with E-state index in [1.54, 1.807) is 0 Å². The number of aliphatic hydroxyl groups excluding tert-OH is 1. The summed E-state index contributed by atoms with van der Waals surface area (Å²) in [6, 6.07) is 0. The van der Waals surface area contributed by atoms with E-state index in [0.29, 0.717) is 12.5 Å². The minimum Gasteiger partial charge on any atom is -0.478 e. The molecule has 0 rings (SSSR count). The van der Waals surface area contributed by atoms with Crippen LogP contribution in [0.1, 0.15) is 13.8 Å². The zero-order chi connectivity index (χ0) is 8.57. The highest BCUT2D eigenvalue weighted by atomic mass is 16.4. The quantitative estimate of drug-likeness (QED) is 0.569. The largest absolute Gasteiger partial charge is 0.478 e. The van der Waals surface area contributed by atoms with Crippen molar-refractivity contribution < 1.29 is 15.0 Å². The molecule has 2 N–H and O–H groups in total. The third kappa shape index (κ3) is 27.2. The smallest absolute Gasteiger partial charge is 0.327 e. The molecular weight excluding hydrogens is 132 g/mol. The van der Waals surface area contributed by atoms with Crippen molar-refractivity contribution in [2.24, 2.45) is 5.92 Å². The van der Waals surface area contributed by atoms with E-state index in [9.17, 15) is 4.79 Å². The van der Waals surface area contributed by atoms with E-state index in [1.165, 1.54) is 0 Å². The number of aliphatic hydroxyl groups is 1. The Morgan fingerprint density at radius 2 is 1.90 bits per heavy atom. The van der Waals surface area contributed by atoms with Gasteiger partial charge in [0.05, 0.1) is 0 Å². The molecule has 0 bridgehead atoms. The Hall–Kier alpha value is -0.830. The Bertz CT molecular complexity index is 97.0. The molecule has 0 aliphatic carbocycles. The van der Waals surface area contributed by atoms with Gasteiger partial charge in [0.25, 0.3) is 0 Å². The summed E-state index contributed by atoms with van der Waals surface area (Å²) in [7, 11) is 0. The average molecular weight is 146 g/mol. The van der Waals surface area contributed by atoms with E-state index in [2.05, 4.69) is 6.58 Å². The first kappa shape index (κ1) is 11.9. The Kier molecular flexibility index (Phi) is 9.73. The van der Waals surface area contributed by atoms with E-state index in [-0.39, 0.29) is 0 Å². The summed E-state index contributed by atoms with van der Waals surface area (Å²) in [5, 5.41) is 15.7. The van der Waals surface area contributed by atoms with Gasteiger partial charge in [0.1, 0.15) is 0 Å². The van der Waals surface area contributed by atoms with Gasteiger partial charge >= 0.3 is 5.97 Å². The minimum absolute atomic E-state index is 0.306.